The molecule has 0 fully saturated rings. The molecule has 0 atom stereocenters. The first-order valence-corrected chi connectivity index (χ1v) is 7.11. The van der Waals surface area contributed by atoms with Gasteiger partial charge in [0.2, 0.25) is 0 Å². The summed E-state index contributed by atoms with van der Waals surface area (Å²) in [7, 11) is 0. The van der Waals surface area contributed by atoms with Crippen molar-refractivity contribution in [3.63, 3.8) is 0 Å². The standard InChI is InChI=1S/C16H19N5/c1-2-21(10-13-5-3-4-8-18-13)11-16-19-14-7-6-12(17)9-15(14)20-16/h3-9H,2,10-11,17H2,1H3,(H,19,20). The van der Waals surface area contributed by atoms with E-state index in [2.05, 4.69) is 26.8 Å². The highest BCUT2D eigenvalue weighted by atomic mass is 15.1. The number of rotatable bonds is 5. The fourth-order valence-corrected chi connectivity index (χ4v) is 2.37. The van der Waals surface area contributed by atoms with Crippen molar-refractivity contribution in [1.29, 1.82) is 0 Å². The number of hydrogen-bond donors (Lipinski definition) is 2. The number of nitrogen functional groups attached to an aromatic ring is 1. The second-order valence-electron chi connectivity index (χ2n) is 5.08. The highest BCUT2D eigenvalue weighted by molar-refractivity contribution is 5.78. The van der Waals surface area contributed by atoms with E-state index in [0.717, 1.165) is 47.9 Å². The Morgan fingerprint density at radius 3 is 2.86 bits per heavy atom. The van der Waals surface area contributed by atoms with Gasteiger partial charge < -0.3 is 10.7 Å². The lowest BCUT2D eigenvalue weighted by atomic mass is 10.3. The van der Waals surface area contributed by atoms with Gasteiger partial charge >= 0.3 is 0 Å². The third kappa shape index (κ3) is 3.20. The van der Waals surface area contributed by atoms with E-state index < -0.39 is 0 Å². The van der Waals surface area contributed by atoms with E-state index in [1.807, 2.05) is 42.6 Å². The van der Waals surface area contributed by atoms with Gasteiger partial charge in [-0.25, -0.2) is 4.98 Å². The van der Waals surface area contributed by atoms with Crippen LogP contribution >= 0.6 is 0 Å². The number of fused-ring (bicyclic) bond motifs is 1. The Bertz CT molecular complexity index is 720. The van der Waals surface area contributed by atoms with E-state index in [-0.39, 0.29) is 0 Å². The number of nitrogens with two attached hydrogens (primary N) is 1. The lowest BCUT2D eigenvalue weighted by Crippen LogP contribution is -2.23. The van der Waals surface area contributed by atoms with Crippen LogP contribution in [0.5, 0.6) is 0 Å². The van der Waals surface area contributed by atoms with E-state index in [1.165, 1.54) is 0 Å². The fraction of sp³-hybridized carbons (Fsp3) is 0.250. The summed E-state index contributed by atoms with van der Waals surface area (Å²) in [5.41, 5.74) is 9.55. The number of H-pyrrole nitrogens is 1. The van der Waals surface area contributed by atoms with Crippen molar-refractivity contribution >= 4 is 16.7 Å². The Balaban J connectivity index is 1.76. The molecule has 5 heteroatoms. The first kappa shape index (κ1) is 13.6. The van der Waals surface area contributed by atoms with Gasteiger partial charge in [0.25, 0.3) is 0 Å². The summed E-state index contributed by atoms with van der Waals surface area (Å²) in [6.45, 7) is 4.66. The molecule has 108 valence electrons. The van der Waals surface area contributed by atoms with Crippen LogP contribution in [0.15, 0.2) is 42.6 Å². The minimum Gasteiger partial charge on any atom is -0.399 e. The summed E-state index contributed by atoms with van der Waals surface area (Å²) in [5, 5.41) is 0. The van der Waals surface area contributed by atoms with Gasteiger partial charge in [0.15, 0.2) is 0 Å². The molecule has 5 nitrogen and oxygen atoms in total. The smallest absolute Gasteiger partial charge is 0.121 e. The maximum atomic E-state index is 5.80. The number of nitrogens with one attached hydrogen (secondary N) is 1. The number of nitrogens with zero attached hydrogens (tertiary/aromatic N) is 3. The Morgan fingerprint density at radius 2 is 2.10 bits per heavy atom. The number of imidazole rings is 1. The highest BCUT2D eigenvalue weighted by Crippen LogP contribution is 2.16. The molecular weight excluding hydrogens is 262 g/mol. The molecule has 2 heterocycles. The van der Waals surface area contributed by atoms with Crippen LogP contribution < -0.4 is 5.73 Å². The largest absolute Gasteiger partial charge is 0.399 e. The maximum Gasteiger partial charge on any atom is 0.121 e. The van der Waals surface area contributed by atoms with Gasteiger partial charge in [-0.05, 0) is 36.9 Å². The molecule has 0 unspecified atom stereocenters. The summed E-state index contributed by atoms with van der Waals surface area (Å²) in [5.74, 6) is 0.952. The van der Waals surface area contributed by atoms with Gasteiger partial charge in [0, 0.05) is 18.4 Å². The van der Waals surface area contributed by atoms with E-state index in [0.29, 0.717) is 0 Å². The molecule has 0 aliphatic heterocycles. The van der Waals surface area contributed by atoms with Crippen molar-refractivity contribution in [1.82, 2.24) is 19.9 Å². The molecule has 0 aliphatic carbocycles. The zero-order valence-corrected chi connectivity index (χ0v) is 12.1. The van der Waals surface area contributed by atoms with Gasteiger partial charge in [-0.15, -0.1) is 0 Å². The molecular formula is C16H19N5. The molecule has 2 aromatic heterocycles. The minimum atomic E-state index is 0.749. The topological polar surface area (TPSA) is 70.8 Å². The fourth-order valence-electron chi connectivity index (χ4n) is 2.37. The van der Waals surface area contributed by atoms with Crippen LogP contribution in [0, 0.1) is 0 Å². The summed E-state index contributed by atoms with van der Waals surface area (Å²) in [6, 6.07) is 11.7. The minimum absolute atomic E-state index is 0.749. The molecule has 0 amide bonds. The monoisotopic (exact) mass is 281 g/mol. The van der Waals surface area contributed by atoms with Crippen LogP contribution in [-0.2, 0) is 13.1 Å². The van der Waals surface area contributed by atoms with Crippen molar-refractivity contribution in [2.45, 2.75) is 20.0 Å². The van der Waals surface area contributed by atoms with Crippen molar-refractivity contribution < 1.29 is 0 Å². The van der Waals surface area contributed by atoms with Crippen LogP contribution in [0.25, 0.3) is 11.0 Å². The molecule has 0 radical (unpaired) electrons. The summed E-state index contributed by atoms with van der Waals surface area (Å²) in [4.78, 5) is 14.6. The zero-order valence-electron chi connectivity index (χ0n) is 12.1. The van der Waals surface area contributed by atoms with E-state index in [4.69, 9.17) is 5.73 Å². The zero-order chi connectivity index (χ0) is 14.7. The van der Waals surface area contributed by atoms with Gasteiger partial charge in [-0.3, -0.25) is 9.88 Å². The Kier molecular flexibility index (Phi) is 3.83. The number of aromatic amines is 1. The normalized spacial score (nSPS) is 11.3. The quantitative estimate of drug-likeness (QED) is 0.705. The van der Waals surface area contributed by atoms with Crippen LogP contribution in [0.4, 0.5) is 5.69 Å². The van der Waals surface area contributed by atoms with Crippen LogP contribution in [-0.4, -0.2) is 26.4 Å². The number of hydrogen-bond acceptors (Lipinski definition) is 4. The third-order valence-corrected chi connectivity index (χ3v) is 3.49. The average molecular weight is 281 g/mol. The summed E-state index contributed by atoms with van der Waals surface area (Å²) < 4.78 is 0. The Hall–Kier alpha value is -2.40. The lowest BCUT2D eigenvalue weighted by molar-refractivity contribution is 0.262. The molecule has 1 aromatic carbocycles. The second-order valence-corrected chi connectivity index (χ2v) is 5.08. The first-order chi connectivity index (χ1) is 10.2. The van der Waals surface area contributed by atoms with Gasteiger partial charge in [-0.2, -0.15) is 0 Å². The van der Waals surface area contributed by atoms with Crippen LogP contribution in [0.2, 0.25) is 0 Å². The summed E-state index contributed by atoms with van der Waals surface area (Å²) in [6.07, 6.45) is 1.83. The molecule has 0 saturated carbocycles. The molecule has 21 heavy (non-hydrogen) atoms. The maximum absolute atomic E-state index is 5.80. The predicted octanol–water partition coefficient (Wildman–Crippen LogP) is 2.56. The van der Waals surface area contributed by atoms with Crippen molar-refractivity contribution in [3.8, 4) is 0 Å². The van der Waals surface area contributed by atoms with Crippen LogP contribution in [0.1, 0.15) is 18.4 Å². The van der Waals surface area contributed by atoms with Crippen molar-refractivity contribution in [3.05, 3.63) is 54.1 Å². The van der Waals surface area contributed by atoms with E-state index in [1.54, 1.807) is 0 Å². The Morgan fingerprint density at radius 1 is 1.19 bits per heavy atom. The van der Waals surface area contributed by atoms with E-state index in [9.17, 15) is 0 Å². The SMILES string of the molecule is CCN(Cc1ccccn1)Cc1nc2ccc(N)cc2[nH]1. The number of pyridine rings is 1. The van der Waals surface area contributed by atoms with Gasteiger partial charge in [0.1, 0.15) is 5.82 Å². The predicted molar refractivity (Wildman–Crippen MR) is 84.5 cm³/mol. The molecule has 0 spiro atoms. The molecule has 3 aromatic rings. The van der Waals surface area contributed by atoms with Gasteiger partial charge in [-0.1, -0.05) is 13.0 Å². The highest BCUT2D eigenvalue weighted by Gasteiger charge is 2.09. The summed E-state index contributed by atoms with van der Waals surface area (Å²) >= 11 is 0. The molecule has 0 aliphatic rings. The Labute approximate surface area is 123 Å². The van der Waals surface area contributed by atoms with Crippen LogP contribution in [0.3, 0.4) is 0 Å². The van der Waals surface area contributed by atoms with Gasteiger partial charge in [0.05, 0.1) is 23.3 Å². The second kappa shape index (κ2) is 5.93. The number of anilines is 1. The molecule has 0 saturated heterocycles. The first-order valence-electron chi connectivity index (χ1n) is 7.11. The number of benzene rings is 1. The van der Waals surface area contributed by atoms with E-state index >= 15 is 0 Å². The average Bonchev–Trinajstić information content (AvgIpc) is 2.89. The van der Waals surface area contributed by atoms with Crippen molar-refractivity contribution in [2.75, 3.05) is 12.3 Å². The molecule has 0 bridgehead atoms. The third-order valence-electron chi connectivity index (χ3n) is 3.49. The van der Waals surface area contributed by atoms with Crippen molar-refractivity contribution in [2.24, 2.45) is 0 Å². The molecule has 3 rings (SSSR count). The molecule has 3 N–H and O–H groups in total. The number of aromatic nitrogens is 3. The lowest BCUT2D eigenvalue weighted by Gasteiger charge is -2.18.